The van der Waals surface area contributed by atoms with Crippen molar-refractivity contribution in [1.29, 1.82) is 5.26 Å². The number of nitrogens with zero attached hydrogens (tertiary/aromatic N) is 3. The first-order valence-electron chi connectivity index (χ1n) is 9.54. The smallest absolute Gasteiger partial charge is 0.376 e. The summed E-state index contributed by atoms with van der Waals surface area (Å²) in [5, 5.41) is 18.7. The zero-order chi connectivity index (χ0) is 23.0. The summed E-state index contributed by atoms with van der Waals surface area (Å²) in [5.41, 5.74) is -2.10. The van der Waals surface area contributed by atoms with Crippen LogP contribution in [0.25, 0.3) is 0 Å². The minimum atomic E-state index is -4.89. The van der Waals surface area contributed by atoms with Crippen molar-refractivity contribution in [2.24, 2.45) is 0 Å². The quantitative estimate of drug-likeness (QED) is 0.769. The molecule has 0 unspecified atom stereocenters. The van der Waals surface area contributed by atoms with Crippen LogP contribution in [0.3, 0.4) is 0 Å². The van der Waals surface area contributed by atoms with Gasteiger partial charge in [0, 0.05) is 31.4 Å². The third-order valence-corrected chi connectivity index (χ3v) is 7.53. The Labute approximate surface area is 179 Å². The number of rotatable bonds is 4. The average molecular weight is 453 g/mol. The summed E-state index contributed by atoms with van der Waals surface area (Å²) in [5.74, 6) is 0. The second kappa shape index (κ2) is 8.15. The number of nitriles is 1. The highest BCUT2D eigenvalue weighted by Crippen LogP contribution is 2.38. The number of halogens is 3. The first kappa shape index (κ1) is 23.1. The van der Waals surface area contributed by atoms with Gasteiger partial charge >= 0.3 is 6.18 Å². The summed E-state index contributed by atoms with van der Waals surface area (Å²) in [6, 6.07) is 12.8. The highest BCUT2D eigenvalue weighted by atomic mass is 32.2. The van der Waals surface area contributed by atoms with Gasteiger partial charge in [-0.2, -0.15) is 22.7 Å². The monoisotopic (exact) mass is 453 g/mol. The molecule has 0 spiro atoms. The maximum Gasteiger partial charge on any atom is 0.421 e. The van der Waals surface area contributed by atoms with E-state index in [1.165, 1.54) is 4.31 Å². The van der Waals surface area contributed by atoms with Crippen LogP contribution in [-0.4, -0.2) is 49.7 Å². The normalized spacial score (nSPS) is 20.2. The van der Waals surface area contributed by atoms with Crippen molar-refractivity contribution in [3.05, 3.63) is 59.7 Å². The van der Waals surface area contributed by atoms with Gasteiger partial charge in [-0.3, -0.25) is 0 Å². The number of sulfonamides is 1. The van der Waals surface area contributed by atoms with E-state index in [-0.39, 0.29) is 17.5 Å². The number of alkyl halides is 3. The molecule has 0 radical (unpaired) electrons. The standard InChI is InChI=1S/C21H22F3N3O3S/c1-15-14-26(18-7-3-16(13-25)4-8-18)11-12-27(15)31(29,30)19-9-5-17(6-10-19)20(2,28)21(22,23)24/h3-10,15,28H,11-12,14H2,1-2H3/t15-,20-/m1/s1. The Bertz CT molecular complexity index is 1080. The van der Waals surface area contributed by atoms with Crippen molar-refractivity contribution in [3.8, 4) is 6.07 Å². The third-order valence-electron chi connectivity index (χ3n) is 5.50. The van der Waals surface area contributed by atoms with Crippen molar-refractivity contribution >= 4 is 15.7 Å². The largest absolute Gasteiger partial charge is 0.421 e. The molecular formula is C21H22F3N3O3S. The van der Waals surface area contributed by atoms with E-state index in [0.717, 1.165) is 30.0 Å². The van der Waals surface area contributed by atoms with Crippen molar-refractivity contribution in [3.63, 3.8) is 0 Å². The molecule has 1 saturated heterocycles. The second-order valence-electron chi connectivity index (χ2n) is 7.66. The van der Waals surface area contributed by atoms with Gasteiger partial charge in [0.05, 0.1) is 16.5 Å². The first-order valence-corrected chi connectivity index (χ1v) is 11.0. The molecule has 2 aromatic carbocycles. The Morgan fingerprint density at radius 3 is 2.13 bits per heavy atom. The van der Waals surface area contributed by atoms with Crippen LogP contribution in [0.4, 0.5) is 18.9 Å². The lowest BCUT2D eigenvalue weighted by Crippen LogP contribution is -2.54. The average Bonchev–Trinajstić information content (AvgIpc) is 2.73. The van der Waals surface area contributed by atoms with Gasteiger partial charge < -0.3 is 10.0 Å². The predicted octanol–water partition coefficient (Wildman–Crippen LogP) is 3.23. The molecule has 0 bridgehead atoms. The lowest BCUT2D eigenvalue weighted by Gasteiger charge is -2.40. The van der Waals surface area contributed by atoms with Crippen molar-refractivity contribution in [2.45, 2.75) is 36.6 Å². The molecule has 2 aromatic rings. The topological polar surface area (TPSA) is 84.6 Å². The fourth-order valence-corrected chi connectivity index (χ4v) is 5.14. The van der Waals surface area contributed by atoms with E-state index in [1.807, 2.05) is 11.0 Å². The van der Waals surface area contributed by atoms with Crippen LogP contribution in [0.5, 0.6) is 0 Å². The van der Waals surface area contributed by atoms with Crippen LogP contribution in [0, 0.1) is 11.3 Å². The van der Waals surface area contributed by atoms with E-state index in [4.69, 9.17) is 5.26 Å². The highest BCUT2D eigenvalue weighted by Gasteiger charge is 2.51. The van der Waals surface area contributed by atoms with E-state index in [9.17, 15) is 26.7 Å². The summed E-state index contributed by atoms with van der Waals surface area (Å²) >= 11 is 0. The molecule has 6 nitrogen and oxygen atoms in total. The Hall–Kier alpha value is -2.61. The summed E-state index contributed by atoms with van der Waals surface area (Å²) in [6.45, 7) is 3.44. The van der Waals surface area contributed by atoms with Crippen molar-refractivity contribution in [1.82, 2.24) is 4.31 Å². The molecule has 0 saturated carbocycles. The minimum absolute atomic E-state index is 0.132. The van der Waals surface area contributed by atoms with E-state index in [1.54, 1.807) is 31.2 Å². The molecular weight excluding hydrogens is 431 g/mol. The number of benzene rings is 2. The summed E-state index contributed by atoms with van der Waals surface area (Å²) < 4.78 is 66.5. The van der Waals surface area contributed by atoms with E-state index < -0.39 is 27.4 Å². The third kappa shape index (κ3) is 4.39. The highest BCUT2D eigenvalue weighted by molar-refractivity contribution is 7.89. The zero-order valence-electron chi connectivity index (χ0n) is 17.0. The van der Waals surface area contributed by atoms with E-state index in [0.29, 0.717) is 25.6 Å². The molecule has 1 N–H and O–H groups in total. The second-order valence-corrected chi connectivity index (χ2v) is 9.55. The molecule has 10 heteroatoms. The molecule has 0 aromatic heterocycles. The van der Waals surface area contributed by atoms with Crippen LogP contribution in [0.2, 0.25) is 0 Å². The van der Waals surface area contributed by atoms with Crippen molar-refractivity contribution in [2.75, 3.05) is 24.5 Å². The van der Waals surface area contributed by atoms with Gasteiger partial charge in [-0.1, -0.05) is 12.1 Å². The lowest BCUT2D eigenvalue weighted by molar-refractivity contribution is -0.258. The predicted molar refractivity (Wildman–Crippen MR) is 109 cm³/mol. The first-order chi connectivity index (χ1) is 14.4. The van der Waals surface area contributed by atoms with Gasteiger partial charge in [-0.05, 0) is 55.8 Å². The summed E-state index contributed by atoms with van der Waals surface area (Å²) in [6.07, 6.45) is -4.89. The molecule has 0 aliphatic carbocycles. The molecule has 2 atom stereocenters. The molecule has 1 fully saturated rings. The van der Waals surface area contributed by atoms with Crippen LogP contribution in [0.1, 0.15) is 25.0 Å². The zero-order valence-corrected chi connectivity index (χ0v) is 17.8. The number of aliphatic hydroxyl groups is 1. The fraction of sp³-hybridized carbons (Fsp3) is 0.381. The molecule has 31 heavy (non-hydrogen) atoms. The maximum atomic E-state index is 13.1. The Kier molecular flexibility index (Phi) is 6.06. The number of hydrogen-bond donors (Lipinski definition) is 1. The summed E-state index contributed by atoms with van der Waals surface area (Å²) in [7, 11) is -3.92. The molecule has 166 valence electrons. The van der Waals surface area contributed by atoms with Crippen LogP contribution in [0.15, 0.2) is 53.4 Å². The number of anilines is 1. The van der Waals surface area contributed by atoms with E-state index in [2.05, 4.69) is 0 Å². The van der Waals surface area contributed by atoms with Crippen molar-refractivity contribution < 1.29 is 26.7 Å². The van der Waals surface area contributed by atoms with Crippen LogP contribution in [-0.2, 0) is 15.6 Å². The molecule has 1 aliphatic heterocycles. The van der Waals surface area contributed by atoms with Gasteiger partial charge in [0.15, 0.2) is 5.60 Å². The van der Waals surface area contributed by atoms with Gasteiger partial charge in [-0.25, -0.2) is 8.42 Å². The number of hydrogen-bond acceptors (Lipinski definition) is 5. The summed E-state index contributed by atoms with van der Waals surface area (Å²) in [4.78, 5) is 1.88. The molecule has 3 rings (SSSR count). The number of piperazine rings is 1. The molecule has 0 amide bonds. The van der Waals surface area contributed by atoms with Crippen LogP contribution < -0.4 is 4.90 Å². The SMILES string of the molecule is C[C@@H]1CN(c2ccc(C#N)cc2)CCN1S(=O)(=O)c1ccc([C@@](C)(O)C(F)(F)F)cc1. The Morgan fingerprint density at radius 2 is 1.65 bits per heavy atom. The Balaban J connectivity index is 1.77. The van der Waals surface area contributed by atoms with E-state index >= 15 is 0 Å². The Morgan fingerprint density at radius 1 is 1.06 bits per heavy atom. The lowest BCUT2D eigenvalue weighted by atomic mass is 9.96. The van der Waals surface area contributed by atoms with Gasteiger partial charge in [-0.15, -0.1) is 0 Å². The van der Waals surface area contributed by atoms with Gasteiger partial charge in [0.2, 0.25) is 10.0 Å². The fourth-order valence-electron chi connectivity index (χ4n) is 3.53. The van der Waals surface area contributed by atoms with Gasteiger partial charge in [0.25, 0.3) is 0 Å². The molecule has 1 heterocycles. The maximum absolute atomic E-state index is 13.1. The van der Waals surface area contributed by atoms with Gasteiger partial charge in [0.1, 0.15) is 0 Å². The minimum Gasteiger partial charge on any atom is -0.376 e. The molecule has 1 aliphatic rings. The van der Waals surface area contributed by atoms with Crippen LogP contribution >= 0.6 is 0 Å².